The van der Waals surface area contributed by atoms with Crippen molar-refractivity contribution in [1.29, 1.82) is 0 Å². The number of ether oxygens (including phenoxy) is 1. The summed E-state index contributed by atoms with van der Waals surface area (Å²) in [5.41, 5.74) is 2.73. The zero-order chi connectivity index (χ0) is 13.8. The second kappa shape index (κ2) is 5.97. The van der Waals surface area contributed by atoms with Crippen molar-refractivity contribution in [3.05, 3.63) is 34.9 Å². The molecule has 0 aromatic heterocycles. The number of carbonyl (C=O) groups excluding carboxylic acids is 2. The van der Waals surface area contributed by atoms with Crippen LogP contribution in [-0.2, 0) is 9.53 Å². The standard InChI is InChI=1S/C15H19NO3/c1-10-5-6-12(11(2)8-10)13(17)9-16-15(18)14-4-3-7-19-14/h5-6,8,14H,3-4,7,9H2,1-2H3,(H,16,18). The van der Waals surface area contributed by atoms with Crippen LogP contribution in [0.4, 0.5) is 0 Å². The van der Waals surface area contributed by atoms with Crippen LogP contribution >= 0.6 is 0 Å². The lowest BCUT2D eigenvalue weighted by Gasteiger charge is -2.11. The summed E-state index contributed by atoms with van der Waals surface area (Å²) in [6.45, 7) is 4.55. The van der Waals surface area contributed by atoms with Gasteiger partial charge in [0.05, 0.1) is 6.54 Å². The molecular weight excluding hydrogens is 242 g/mol. The summed E-state index contributed by atoms with van der Waals surface area (Å²) in [5, 5.41) is 2.65. The number of benzene rings is 1. The molecule has 0 aliphatic carbocycles. The Morgan fingerprint density at radius 1 is 1.37 bits per heavy atom. The van der Waals surface area contributed by atoms with Gasteiger partial charge in [-0.2, -0.15) is 0 Å². The van der Waals surface area contributed by atoms with Crippen molar-refractivity contribution < 1.29 is 14.3 Å². The number of hydrogen-bond acceptors (Lipinski definition) is 3. The molecule has 1 heterocycles. The lowest BCUT2D eigenvalue weighted by molar-refractivity contribution is -0.129. The van der Waals surface area contributed by atoms with E-state index in [1.165, 1.54) is 0 Å². The number of rotatable bonds is 4. The van der Waals surface area contributed by atoms with Crippen LogP contribution in [0.3, 0.4) is 0 Å². The van der Waals surface area contributed by atoms with Crippen molar-refractivity contribution in [3.8, 4) is 0 Å². The second-order valence-corrected chi connectivity index (χ2v) is 4.96. The van der Waals surface area contributed by atoms with E-state index in [9.17, 15) is 9.59 Å². The third-order valence-electron chi connectivity index (χ3n) is 3.33. The van der Waals surface area contributed by atoms with Gasteiger partial charge in [0.1, 0.15) is 6.10 Å². The quantitative estimate of drug-likeness (QED) is 0.841. The first-order valence-corrected chi connectivity index (χ1v) is 6.57. The Hall–Kier alpha value is -1.68. The Bertz CT molecular complexity index is 490. The van der Waals surface area contributed by atoms with Crippen LogP contribution in [0, 0.1) is 13.8 Å². The highest BCUT2D eigenvalue weighted by Gasteiger charge is 2.23. The Labute approximate surface area is 113 Å². The molecule has 19 heavy (non-hydrogen) atoms. The summed E-state index contributed by atoms with van der Waals surface area (Å²) in [5.74, 6) is -0.250. The third kappa shape index (κ3) is 3.41. The molecule has 4 heteroatoms. The number of carbonyl (C=O) groups is 2. The molecule has 1 N–H and O–H groups in total. The van der Waals surface area contributed by atoms with Gasteiger partial charge in [-0.1, -0.05) is 23.8 Å². The van der Waals surface area contributed by atoms with Crippen molar-refractivity contribution in [2.75, 3.05) is 13.2 Å². The molecule has 2 rings (SSSR count). The van der Waals surface area contributed by atoms with E-state index in [2.05, 4.69) is 5.32 Å². The van der Waals surface area contributed by atoms with Gasteiger partial charge in [0.25, 0.3) is 0 Å². The number of amides is 1. The molecule has 1 saturated heterocycles. The number of ketones is 1. The molecule has 1 amide bonds. The van der Waals surface area contributed by atoms with Crippen LogP contribution in [0.1, 0.15) is 34.3 Å². The Balaban J connectivity index is 1.92. The Morgan fingerprint density at radius 2 is 2.16 bits per heavy atom. The van der Waals surface area contributed by atoms with Crippen molar-refractivity contribution in [2.24, 2.45) is 0 Å². The van der Waals surface area contributed by atoms with Crippen molar-refractivity contribution in [3.63, 3.8) is 0 Å². The molecule has 1 aliphatic heterocycles. The first kappa shape index (κ1) is 13.7. The lowest BCUT2D eigenvalue weighted by Crippen LogP contribution is -2.37. The van der Waals surface area contributed by atoms with E-state index in [1.807, 2.05) is 32.0 Å². The SMILES string of the molecule is Cc1ccc(C(=O)CNC(=O)C2CCCO2)c(C)c1. The van der Waals surface area contributed by atoms with Gasteiger partial charge < -0.3 is 10.1 Å². The molecule has 1 unspecified atom stereocenters. The van der Waals surface area contributed by atoms with Gasteiger partial charge in [-0.15, -0.1) is 0 Å². The molecule has 0 bridgehead atoms. The van der Waals surface area contributed by atoms with Crippen molar-refractivity contribution in [2.45, 2.75) is 32.8 Å². The smallest absolute Gasteiger partial charge is 0.249 e. The van der Waals surface area contributed by atoms with Gasteiger partial charge in [-0.25, -0.2) is 0 Å². The molecule has 0 saturated carbocycles. The highest BCUT2D eigenvalue weighted by Crippen LogP contribution is 2.13. The van der Waals surface area contributed by atoms with E-state index < -0.39 is 0 Å². The molecule has 4 nitrogen and oxygen atoms in total. The van der Waals surface area contributed by atoms with Gasteiger partial charge in [0, 0.05) is 12.2 Å². The molecule has 1 aliphatic rings. The summed E-state index contributed by atoms with van der Waals surface area (Å²) < 4.78 is 5.27. The van der Waals surface area contributed by atoms with Crippen molar-refractivity contribution >= 4 is 11.7 Å². The van der Waals surface area contributed by atoms with E-state index in [-0.39, 0.29) is 24.3 Å². The van der Waals surface area contributed by atoms with Crippen LogP contribution < -0.4 is 5.32 Å². The fourth-order valence-electron chi connectivity index (χ4n) is 2.29. The summed E-state index contributed by atoms with van der Waals surface area (Å²) in [4.78, 5) is 23.8. The minimum absolute atomic E-state index is 0.0304. The summed E-state index contributed by atoms with van der Waals surface area (Å²) in [7, 11) is 0. The van der Waals surface area contributed by atoms with E-state index in [0.717, 1.165) is 24.0 Å². The van der Waals surface area contributed by atoms with Gasteiger partial charge in [0.15, 0.2) is 5.78 Å². The van der Waals surface area contributed by atoms with E-state index in [1.54, 1.807) is 0 Å². The van der Waals surface area contributed by atoms with Crippen LogP contribution in [0.5, 0.6) is 0 Å². The van der Waals surface area contributed by atoms with Gasteiger partial charge in [-0.3, -0.25) is 9.59 Å². The number of Topliss-reactive ketones (excluding diaryl/α,β-unsaturated/α-hetero) is 1. The summed E-state index contributed by atoms with van der Waals surface area (Å²) >= 11 is 0. The molecular formula is C15H19NO3. The molecule has 0 radical (unpaired) electrons. The predicted octanol–water partition coefficient (Wildman–Crippen LogP) is 1.78. The Kier molecular flexibility index (Phi) is 4.32. The van der Waals surface area contributed by atoms with Gasteiger partial charge in [-0.05, 0) is 32.3 Å². The average molecular weight is 261 g/mol. The van der Waals surface area contributed by atoms with Gasteiger partial charge in [0.2, 0.25) is 5.91 Å². The molecule has 1 fully saturated rings. The normalized spacial score (nSPS) is 18.3. The van der Waals surface area contributed by atoms with Crippen molar-refractivity contribution in [1.82, 2.24) is 5.32 Å². The average Bonchev–Trinajstić information content (AvgIpc) is 2.89. The maximum atomic E-state index is 12.0. The maximum Gasteiger partial charge on any atom is 0.249 e. The minimum atomic E-state index is -0.382. The van der Waals surface area contributed by atoms with Gasteiger partial charge >= 0.3 is 0 Å². The largest absolute Gasteiger partial charge is 0.368 e. The minimum Gasteiger partial charge on any atom is -0.368 e. The topological polar surface area (TPSA) is 55.4 Å². The first-order chi connectivity index (χ1) is 9.08. The molecule has 1 aromatic carbocycles. The predicted molar refractivity (Wildman–Crippen MR) is 72.2 cm³/mol. The second-order valence-electron chi connectivity index (χ2n) is 4.96. The van der Waals surface area contributed by atoms with E-state index in [0.29, 0.717) is 12.2 Å². The zero-order valence-electron chi connectivity index (χ0n) is 11.4. The first-order valence-electron chi connectivity index (χ1n) is 6.57. The van der Waals surface area contributed by atoms with Crippen LogP contribution in [-0.4, -0.2) is 30.9 Å². The van der Waals surface area contributed by atoms with Crippen LogP contribution in [0.25, 0.3) is 0 Å². The van der Waals surface area contributed by atoms with Crippen LogP contribution in [0.15, 0.2) is 18.2 Å². The maximum absolute atomic E-state index is 12.0. The molecule has 102 valence electrons. The fourth-order valence-corrected chi connectivity index (χ4v) is 2.29. The number of aryl methyl sites for hydroxylation is 2. The molecule has 0 spiro atoms. The molecule has 1 atom stereocenters. The number of hydrogen-bond donors (Lipinski definition) is 1. The lowest BCUT2D eigenvalue weighted by atomic mass is 10.0. The van der Waals surface area contributed by atoms with E-state index >= 15 is 0 Å². The zero-order valence-corrected chi connectivity index (χ0v) is 11.4. The monoisotopic (exact) mass is 261 g/mol. The number of nitrogens with one attached hydrogen (secondary N) is 1. The third-order valence-corrected chi connectivity index (χ3v) is 3.33. The molecule has 1 aromatic rings. The summed E-state index contributed by atoms with van der Waals surface area (Å²) in [6, 6.07) is 5.68. The highest BCUT2D eigenvalue weighted by molar-refractivity contribution is 6.00. The van der Waals surface area contributed by atoms with Crippen LogP contribution in [0.2, 0.25) is 0 Å². The summed E-state index contributed by atoms with van der Waals surface area (Å²) in [6.07, 6.45) is 1.26. The Morgan fingerprint density at radius 3 is 2.79 bits per heavy atom. The fraction of sp³-hybridized carbons (Fsp3) is 0.467. The highest BCUT2D eigenvalue weighted by atomic mass is 16.5. The van der Waals surface area contributed by atoms with E-state index in [4.69, 9.17) is 4.74 Å².